The van der Waals surface area contributed by atoms with Crippen molar-refractivity contribution in [1.29, 1.82) is 0 Å². The molecule has 1 saturated carbocycles. The van der Waals surface area contributed by atoms with Crippen LogP contribution >= 0.6 is 0 Å². The number of fused-ring (bicyclic) bond motifs is 1. The van der Waals surface area contributed by atoms with Gasteiger partial charge in [0, 0.05) is 17.2 Å². The predicted octanol–water partition coefficient (Wildman–Crippen LogP) is 4.95. The van der Waals surface area contributed by atoms with Crippen LogP contribution in [0.3, 0.4) is 0 Å². The summed E-state index contributed by atoms with van der Waals surface area (Å²) in [6, 6.07) is 6.72. The Kier molecular flexibility index (Phi) is 7.63. The molecule has 32 heavy (non-hydrogen) atoms. The third-order valence-corrected chi connectivity index (χ3v) is 6.46. The third kappa shape index (κ3) is 5.51. The highest BCUT2D eigenvalue weighted by molar-refractivity contribution is 5.91. The number of rotatable bonds is 5. The minimum absolute atomic E-state index is 0.145. The maximum Gasteiger partial charge on any atom is 0.332 e. The molecule has 2 unspecified atom stereocenters. The topological polar surface area (TPSA) is 74.2 Å². The van der Waals surface area contributed by atoms with E-state index in [1.807, 2.05) is 45.0 Å². The molecule has 1 aromatic carbocycles. The van der Waals surface area contributed by atoms with E-state index in [-0.39, 0.29) is 6.61 Å². The summed E-state index contributed by atoms with van der Waals surface area (Å²) in [4.78, 5) is 31.4. The number of nitrogens with zero attached hydrogens (tertiary/aromatic N) is 1. The molecule has 0 radical (unpaired) electrons. The van der Waals surface area contributed by atoms with E-state index in [2.05, 4.69) is 13.8 Å². The van der Waals surface area contributed by atoms with Crippen molar-refractivity contribution in [3.63, 3.8) is 0 Å². The van der Waals surface area contributed by atoms with Crippen molar-refractivity contribution in [2.45, 2.75) is 77.9 Å². The van der Waals surface area contributed by atoms with Gasteiger partial charge in [-0.1, -0.05) is 32.0 Å². The molecule has 3 rings (SSSR count). The van der Waals surface area contributed by atoms with Crippen molar-refractivity contribution in [2.75, 3.05) is 13.7 Å². The zero-order valence-electron chi connectivity index (χ0n) is 20.2. The summed E-state index contributed by atoms with van der Waals surface area (Å²) in [5.41, 5.74) is 1.20. The summed E-state index contributed by atoms with van der Waals surface area (Å²) < 4.78 is 16.8. The molecule has 0 bridgehead atoms. The highest BCUT2D eigenvalue weighted by atomic mass is 16.6. The zero-order chi connectivity index (χ0) is 23.5. The molecule has 176 valence electrons. The van der Waals surface area contributed by atoms with E-state index < -0.39 is 35.4 Å². The Balaban J connectivity index is 2.12. The fourth-order valence-electron chi connectivity index (χ4n) is 4.84. The smallest absolute Gasteiger partial charge is 0.332 e. The van der Waals surface area contributed by atoms with Gasteiger partial charge in [-0.2, -0.15) is 0 Å². The molecule has 2 aliphatic rings. The summed E-state index contributed by atoms with van der Waals surface area (Å²) in [6.45, 7) is 10.1. The van der Waals surface area contributed by atoms with Gasteiger partial charge in [-0.15, -0.1) is 0 Å². The largest absolute Gasteiger partial charge is 0.492 e. The van der Waals surface area contributed by atoms with Crippen LogP contribution in [0, 0.1) is 17.8 Å². The van der Waals surface area contributed by atoms with E-state index in [0.29, 0.717) is 17.6 Å². The second-order valence-corrected chi connectivity index (χ2v) is 10.1. The van der Waals surface area contributed by atoms with Gasteiger partial charge >= 0.3 is 11.9 Å². The fraction of sp³-hybridized carbons (Fsp3) is 0.654. The minimum atomic E-state index is -0.835. The average Bonchev–Trinajstić information content (AvgIpc) is 2.75. The lowest BCUT2D eigenvalue weighted by atomic mass is 9.77. The molecule has 1 heterocycles. The van der Waals surface area contributed by atoms with E-state index in [0.717, 1.165) is 30.5 Å². The van der Waals surface area contributed by atoms with E-state index >= 15 is 0 Å². The Labute approximate surface area is 191 Å². The van der Waals surface area contributed by atoms with Crippen molar-refractivity contribution >= 4 is 17.7 Å². The lowest BCUT2D eigenvalue weighted by Gasteiger charge is -2.37. The number of esters is 2. The second kappa shape index (κ2) is 10.1. The highest BCUT2D eigenvalue weighted by Gasteiger charge is 2.46. The summed E-state index contributed by atoms with van der Waals surface area (Å²) >= 11 is 0. The van der Waals surface area contributed by atoms with Crippen LogP contribution in [0.25, 0.3) is 0 Å². The zero-order valence-corrected chi connectivity index (χ0v) is 20.2. The summed E-state index contributed by atoms with van der Waals surface area (Å²) in [6.07, 6.45) is 4.09. The molecule has 6 heteroatoms. The number of carbonyl (C=O) groups excluding carboxylic acids is 2. The molecule has 1 aliphatic carbocycles. The van der Waals surface area contributed by atoms with E-state index in [9.17, 15) is 9.59 Å². The molecule has 6 nitrogen and oxygen atoms in total. The van der Waals surface area contributed by atoms with Crippen LogP contribution in [0.2, 0.25) is 0 Å². The maximum absolute atomic E-state index is 13.6. The van der Waals surface area contributed by atoms with Crippen LogP contribution in [0.4, 0.5) is 0 Å². The Bertz CT molecular complexity index is 856. The lowest BCUT2D eigenvalue weighted by molar-refractivity contribution is -0.158. The molecule has 0 saturated heterocycles. The van der Waals surface area contributed by atoms with Crippen LogP contribution in [-0.4, -0.2) is 43.0 Å². The molecule has 5 atom stereocenters. The molecular formula is C26H37NO5. The van der Waals surface area contributed by atoms with Crippen molar-refractivity contribution in [3.8, 4) is 5.75 Å². The van der Waals surface area contributed by atoms with Crippen LogP contribution in [0.15, 0.2) is 29.3 Å². The Hall–Kier alpha value is -2.37. The summed E-state index contributed by atoms with van der Waals surface area (Å²) in [5, 5.41) is 0. The van der Waals surface area contributed by atoms with Crippen LogP contribution < -0.4 is 4.74 Å². The molecule has 0 amide bonds. The second-order valence-electron chi connectivity index (χ2n) is 10.1. The molecule has 0 aromatic heterocycles. The third-order valence-electron chi connectivity index (χ3n) is 6.46. The lowest BCUT2D eigenvalue weighted by Crippen LogP contribution is -2.44. The van der Waals surface area contributed by atoms with Crippen molar-refractivity contribution < 1.29 is 23.8 Å². The van der Waals surface area contributed by atoms with Gasteiger partial charge in [0.2, 0.25) is 0 Å². The van der Waals surface area contributed by atoms with Gasteiger partial charge in [-0.3, -0.25) is 9.79 Å². The fourth-order valence-corrected chi connectivity index (χ4v) is 4.84. The number of ether oxygens (including phenoxy) is 3. The van der Waals surface area contributed by atoms with Crippen molar-refractivity contribution in [1.82, 2.24) is 0 Å². The van der Waals surface area contributed by atoms with Gasteiger partial charge in [0.15, 0.2) is 6.04 Å². The number of aliphatic imine (C=N–C) groups is 1. The summed E-state index contributed by atoms with van der Waals surface area (Å²) in [5.74, 6) is -0.411. The number of benzene rings is 1. The number of para-hydroxylation sites is 1. The van der Waals surface area contributed by atoms with E-state index in [1.165, 1.54) is 13.5 Å². The Morgan fingerprint density at radius 2 is 1.94 bits per heavy atom. The van der Waals surface area contributed by atoms with Crippen molar-refractivity contribution in [2.24, 2.45) is 22.7 Å². The minimum Gasteiger partial charge on any atom is -0.492 e. The van der Waals surface area contributed by atoms with Gasteiger partial charge < -0.3 is 14.2 Å². The molecule has 0 spiro atoms. The van der Waals surface area contributed by atoms with Gasteiger partial charge in [-0.25, -0.2) is 4.79 Å². The number of carbonyl (C=O) groups is 2. The molecule has 1 aliphatic heterocycles. The Morgan fingerprint density at radius 3 is 2.59 bits per heavy atom. The molecule has 1 fully saturated rings. The predicted molar refractivity (Wildman–Crippen MR) is 124 cm³/mol. The first-order valence-corrected chi connectivity index (χ1v) is 11.7. The van der Waals surface area contributed by atoms with Crippen LogP contribution in [0.1, 0.15) is 71.8 Å². The first-order chi connectivity index (χ1) is 15.1. The first kappa shape index (κ1) is 24.3. The van der Waals surface area contributed by atoms with Gasteiger partial charge in [-0.05, 0) is 64.4 Å². The standard InChI is InChI=1S/C26H37NO5/c1-7-17-13-12-16(2)14-20(17)27-23(25(29)32-26(3,4)5)22-18-10-8-9-11-21(18)31-15-19(22)24(28)30-6/h8-11,16-17,19,22-23H,7,12-15H2,1-6H3/t16?,17?,19-,22+,23+/m1/s1. The first-order valence-electron chi connectivity index (χ1n) is 11.7. The monoisotopic (exact) mass is 443 g/mol. The van der Waals surface area contributed by atoms with Crippen molar-refractivity contribution in [3.05, 3.63) is 29.8 Å². The van der Waals surface area contributed by atoms with Gasteiger partial charge in [0.05, 0.1) is 7.11 Å². The van der Waals surface area contributed by atoms with Gasteiger partial charge in [0.1, 0.15) is 23.9 Å². The van der Waals surface area contributed by atoms with Crippen LogP contribution in [-0.2, 0) is 19.1 Å². The molecule has 1 aromatic rings. The average molecular weight is 444 g/mol. The Morgan fingerprint density at radius 1 is 1.22 bits per heavy atom. The maximum atomic E-state index is 13.6. The highest BCUT2D eigenvalue weighted by Crippen LogP contribution is 2.42. The normalized spacial score (nSPS) is 27.8. The summed E-state index contributed by atoms with van der Waals surface area (Å²) in [7, 11) is 1.37. The number of methoxy groups -OCH3 is 1. The van der Waals surface area contributed by atoms with E-state index in [1.54, 1.807) is 0 Å². The van der Waals surface area contributed by atoms with Gasteiger partial charge in [0.25, 0.3) is 0 Å². The SMILES string of the molecule is CCC1CCC(C)CC1=N[C@H](C(=O)OC(C)(C)C)[C@H]1c2ccccc2OC[C@H]1C(=O)OC. The molecular weight excluding hydrogens is 406 g/mol. The number of hydrogen-bond donors (Lipinski definition) is 0. The quantitative estimate of drug-likeness (QED) is 0.602. The van der Waals surface area contributed by atoms with E-state index in [4.69, 9.17) is 19.2 Å². The number of hydrogen-bond acceptors (Lipinski definition) is 6. The molecule has 0 N–H and O–H groups in total. The van der Waals surface area contributed by atoms with Crippen LogP contribution in [0.5, 0.6) is 5.75 Å².